The highest BCUT2D eigenvalue weighted by Crippen LogP contribution is 2.39. The van der Waals surface area contributed by atoms with Gasteiger partial charge in [-0.2, -0.15) is 4.31 Å². The van der Waals surface area contributed by atoms with Crippen molar-refractivity contribution >= 4 is 16.3 Å². The summed E-state index contributed by atoms with van der Waals surface area (Å²) in [6.45, 7) is 2.32. The third kappa shape index (κ3) is 1.60. The molecule has 2 rings (SSSR count). The molecule has 1 saturated heterocycles. The lowest BCUT2D eigenvalue weighted by Gasteiger charge is -2.40. The van der Waals surface area contributed by atoms with E-state index in [-0.39, 0.29) is 0 Å². The van der Waals surface area contributed by atoms with Crippen LogP contribution in [0.2, 0.25) is 0 Å². The Morgan fingerprint density at radius 1 is 1.20 bits per heavy atom. The van der Waals surface area contributed by atoms with Gasteiger partial charge in [0.2, 0.25) is 10.0 Å². The Kier molecular flexibility index (Phi) is 2.83. The van der Waals surface area contributed by atoms with Gasteiger partial charge in [0.15, 0.2) is 0 Å². The third-order valence-corrected chi connectivity index (χ3v) is 5.92. The second-order valence-corrected chi connectivity index (χ2v) is 6.47. The van der Waals surface area contributed by atoms with Crippen LogP contribution in [0.1, 0.15) is 19.3 Å². The molecule has 1 aliphatic heterocycles. The summed E-state index contributed by atoms with van der Waals surface area (Å²) in [7, 11) is -3.41. The van der Waals surface area contributed by atoms with Crippen molar-refractivity contribution in [3.05, 3.63) is 0 Å². The highest BCUT2D eigenvalue weighted by Gasteiger charge is 2.51. The lowest BCUT2D eigenvalue weighted by Crippen LogP contribution is -2.57. The Bertz CT molecular complexity index is 342. The summed E-state index contributed by atoms with van der Waals surface area (Å²) in [5.41, 5.74) is 0. The fraction of sp³-hybridized carbons (Fsp3) is 0.889. The van der Waals surface area contributed by atoms with Crippen molar-refractivity contribution in [3.8, 4) is 0 Å². The summed E-state index contributed by atoms with van der Waals surface area (Å²) >= 11 is 0. The Balaban J connectivity index is 2.21. The zero-order valence-corrected chi connectivity index (χ0v) is 9.42. The highest BCUT2D eigenvalue weighted by atomic mass is 32.2. The van der Waals surface area contributed by atoms with Crippen LogP contribution in [0, 0.1) is 0 Å². The van der Waals surface area contributed by atoms with Gasteiger partial charge in [0.25, 0.3) is 0 Å². The molecule has 15 heavy (non-hydrogen) atoms. The Labute approximate surface area is 89.9 Å². The summed E-state index contributed by atoms with van der Waals surface area (Å²) in [6.07, 6.45) is 2.45. The fourth-order valence-electron chi connectivity index (χ4n) is 2.10. The van der Waals surface area contributed by atoms with Gasteiger partial charge in [0.1, 0.15) is 11.0 Å². The Morgan fingerprint density at radius 2 is 1.80 bits per heavy atom. The number of carbonyl (C=O) groups is 1. The minimum absolute atomic E-state index is 0.484. The Hall–Kier alpha value is -0.460. The van der Waals surface area contributed by atoms with Crippen LogP contribution in [0.25, 0.3) is 0 Å². The van der Waals surface area contributed by atoms with E-state index in [1.54, 1.807) is 0 Å². The van der Waals surface area contributed by atoms with Crippen molar-refractivity contribution in [1.82, 2.24) is 9.62 Å². The minimum Gasteiger partial charge on any atom is -0.314 e. The molecule has 5 nitrogen and oxygen atoms in total. The van der Waals surface area contributed by atoms with Crippen LogP contribution >= 0.6 is 0 Å². The van der Waals surface area contributed by atoms with Crippen LogP contribution in [-0.4, -0.2) is 49.9 Å². The number of rotatable bonds is 3. The topological polar surface area (TPSA) is 66.5 Å². The maximum Gasteiger partial charge on any atom is 0.226 e. The highest BCUT2D eigenvalue weighted by molar-refractivity contribution is 7.91. The van der Waals surface area contributed by atoms with E-state index in [2.05, 4.69) is 5.32 Å². The van der Waals surface area contributed by atoms with Gasteiger partial charge >= 0.3 is 0 Å². The first kappa shape index (κ1) is 11.0. The number of carbonyl (C=O) groups excluding carboxylic acids is 1. The first-order chi connectivity index (χ1) is 7.12. The van der Waals surface area contributed by atoms with Crippen molar-refractivity contribution in [1.29, 1.82) is 0 Å². The van der Waals surface area contributed by atoms with Crippen LogP contribution in [0.3, 0.4) is 0 Å². The molecule has 0 atom stereocenters. The second kappa shape index (κ2) is 3.84. The predicted molar refractivity (Wildman–Crippen MR) is 56.0 cm³/mol. The van der Waals surface area contributed by atoms with Crippen LogP contribution in [0.5, 0.6) is 0 Å². The summed E-state index contributed by atoms with van der Waals surface area (Å²) in [5.74, 6) is 0. The molecular formula is C9H16N2O3S. The van der Waals surface area contributed by atoms with Gasteiger partial charge in [-0.1, -0.05) is 0 Å². The summed E-state index contributed by atoms with van der Waals surface area (Å²) in [5, 5.41) is 3.10. The van der Waals surface area contributed by atoms with Gasteiger partial charge in [0, 0.05) is 26.2 Å². The molecule has 0 aromatic carbocycles. The van der Waals surface area contributed by atoms with Crippen molar-refractivity contribution in [2.45, 2.75) is 24.0 Å². The fourth-order valence-corrected chi connectivity index (χ4v) is 4.21. The van der Waals surface area contributed by atoms with Gasteiger partial charge in [-0.05, 0) is 19.3 Å². The molecule has 1 N–H and O–H groups in total. The molecule has 86 valence electrons. The van der Waals surface area contributed by atoms with Crippen LogP contribution in [0.4, 0.5) is 0 Å². The largest absolute Gasteiger partial charge is 0.314 e. The molecule has 0 spiro atoms. The van der Waals surface area contributed by atoms with E-state index in [0.717, 1.165) is 6.42 Å². The zero-order chi connectivity index (χ0) is 10.9. The van der Waals surface area contributed by atoms with Crippen molar-refractivity contribution < 1.29 is 13.2 Å². The monoisotopic (exact) mass is 232 g/mol. The van der Waals surface area contributed by atoms with Gasteiger partial charge in [-0.3, -0.25) is 0 Å². The SMILES string of the molecule is O=CC1(S(=O)(=O)N2CCNCC2)CCC1. The van der Waals surface area contributed by atoms with E-state index in [0.29, 0.717) is 45.3 Å². The number of hydrogen-bond acceptors (Lipinski definition) is 4. The zero-order valence-electron chi connectivity index (χ0n) is 8.61. The molecule has 0 aromatic rings. The van der Waals surface area contributed by atoms with Gasteiger partial charge in [0.05, 0.1) is 0 Å². The molecular weight excluding hydrogens is 216 g/mol. The molecule has 1 aliphatic carbocycles. The van der Waals surface area contributed by atoms with E-state index in [4.69, 9.17) is 0 Å². The third-order valence-electron chi connectivity index (χ3n) is 3.34. The molecule has 0 aromatic heterocycles. The summed E-state index contributed by atoms with van der Waals surface area (Å²) in [4.78, 5) is 11.0. The number of piperazine rings is 1. The van der Waals surface area contributed by atoms with E-state index < -0.39 is 14.8 Å². The minimum atomic E-state index is -3.41. The van der Waals surface area contributed by atoms with Crippen molar-refractivity contribution in [3.63, 3.8) is 0 Å². The average Bonchev–Trinajstić information content (AvgIpc) is 2.18. The summed E-state index contributed by atoms with van der Waals surface area (Å²) in [6, 6.07) is 0. The van der Waals surface area contributed by atoms with E-state index >= 15 is 0 Å². The number of nitrogens with one attached hydrogen (secondary N) is 1. The lowest BCUT2D eigenvalue weighted by atomic mass is 9.86. The van der Waals surface area contributed by atoms with E-state index in [9.17, 15) is 13.2 Å². The number of nitrogens with zero attached hydrogens (tertiary/aromatic N) is 1. The molecule has 6 heteroatoms. The molecule has 2 fully saturated rings. The molecule has 2 aliphatic rings. The van der Waals surface area contributed by atoms with E-state index in [1.807, 2.05) is 0 Å². The van der Waals surface area contributed by atoms with Gasteiger partial charge < -0.3 is 10.1 Å². The van der Waals surface area contributed by atoms with Crippen LogP contribution < -0.4 is 5.32 Å². The molecule has 1 heterocycles. The molecule has 0 bridgehead atoms. The maximum atomic E-state index is 12.2. The van der Waals surface area contributed by atoms with Gasteiger partial charge in [-0.25, -0.2) is 8.42 Å². The maximum absolute atomic E-state index is 12.2. The number of sulfonamides is 1. The van der Waals surface area contributed by atoms with E-state index in [1.165, 1.54) is 4.31 Å². The quantitative estimate of drug-likeness (QED) is 0.656. The molecule has 0 radical (unpaired) electrons. The second-order valence-electron chi connectivity index (χ2n) is 4.19. The first-order valence-corrected chi connectivity index (χ1v) is 6.73. The summed E-state index contributed by atoms with van der Waals surface area (Å²) < 4.78 is 24.7. The average molecular weight is 232 g/mol. The Morgan fingerprint density at radius 3 is 2.20 bits per heavy atom. The van der Waals surface area contributed by atoms with Crippen LogP contribution in [-0.2, 0) is 14.8 Å². The van der Waals surface area contributed by atoms with Crippen LogP contribution in [0.15, 0.2) is 0 Å². The van der Waals surface area contributed by atoms with Crippen molar-refractivity contribution in [2.24, 2.45) is 0 Å². The first-order valence-electron chi connectivity index (χ1n) is 5.29. The predicted octanol–water partition coefficient (Wildman–Crippen LogP) is -0.657. The normalized spacial score (nSPS) is 26.9. The standard InChI is InChI=1S/C9H16N2O3S/c12-8-9(2-1-3-9)15(13,14)11-6-4-10-5-7-11/h8,10H,1-7H2. The number of aldehydes is 1. The lowest BCUT2D eigenvalue weighted by molar-refractivity contribution is -0.111. The van der Waals surface area contributed by atoms with Gasteiger partial charge in [-0.15, -0.1) is 0 Å². The smallest absolute Gasteiger partial charge is 0.226 e. The van der Waals surface area contributed by atoms with Crippen molar-refractivity contribution in [2.75, 3.05) is 26.2 Å². The molecule has 0 amide bonds. The molecule has 0 unspecified atom stereocenters. The number of hydrogen-bond donors (Lipinski definition) is 1. The molecule has 1 saturated carbocycles.